The van der Waals surface area contributed by atoms with Gasteiger partial charge in [0.2, 0.25) is 0 Å². The molecule has 0 bridgehead atoms. The SMILES string of the molecule is COC(=O)C(Cl)C(O)/C=C/c1ccccc1. The van der Waals surface area contributed by atoms with Gasteiger partial charge in [0.05, 0.1) is 13.2 Å². The Morgan fingerprint density at radius 3 is 2.62 bits per heavy atom. The minimum atomic E-state index is -1.08. The quantitative estimate of drug-likeness (QED) is 0.645. The topological polar surface area (TPSA) is 46.5 Å². The fourth-order valence-corrected chi connectivity index (χ4v) is 1.30. The normalized spacial score (nSPS) is 14.7. The molecule has 0 saturated heterocycles. The van der Waals surface area contributed by atoms with Crippen LogP contribution in [0, 0.1) is 0 Å². The Morgan fingerprint density at radius 1 is 1.44 bits per heavy atom. The molecule has 1 rings (SSSR count). The van der Waals surface area contributed by atoms with Gasteiger partial charge in [0.1, 0.15) is 0 Å². The van der Waals surface area contributed by atoms with E-state index in [2.05, 4.69) is 4.74 Å². The number of aliphatic hydroxyl groups is 1. The lowest BCUT2D eigenvalue weighted by Crippen LogP contribution is -2.28. The molecule has 16 heavy (non-hydrogen) atoms. The first-order valence-corrected chi connectivity index (χ1v) is 5.22. The lowest BCUT2D eigenvalue weighted by atomic mass is 10.1. The van der Waals surface area contributed by atoms with Crippen molar-refractivity contribution in [1.29, 1.82) is 0 Å². The van der Waals surface area contributed by atoms with Crippen molar-refractivity contribution < 1.29 is 14.6 Å². The number of rotatable bonds is 4. The number of carbonyl (C=O) groups is 1. The van der Waals surface area contributed by atoms with Crippen LogP contribution in [0.5, 0.6) is 0 Å². The van der Waals surface area contributed by atoms with Gasteiger partial charge in [-0.3, -0.25) is 4.79 Å². The summed E-state index contributed by atoms with van der Waals surface area (Å²) in [5.74, 6) is -0.646. The van der Waals surface area contributed by atoms with Gasteiger partial charge >= 0.3 is 5.97 Å². The van der Waals surface area contributed by atoms with Gasteiger partial charge in [-0.25, -0.2) is 0 Å². The van der Waals surface area contributed by atoms with Crippen LogP contribution in [0.3, 0.4) is 0 Å². The largest absolute Gasteiger partial charge is 0.468 e. The third kappa shape index (κ3) is 3.68. The van der Waals surface area contributed by atoms with E-state index in [1.807, 2.05) is 30.3 Å². The Hall–Kier alpha value is -1.32. The number of alkyl halides is 1. The Morgan fingerprint density at radius 2 is 2.06 bits per heavy atom. The van der Waals surface area contributed by atoms with Gasteiger partial charge in [-0.1, -0.05) is 42.5 Å². The first kappa shape index (κ1) is 12.7. The molecule has 0 radical (unpaired) electrons. The molecule has 0 aliphatic rings. The molecule has 0 saturated carbocycles. The Kier molecular flexibility index (Phi) is 5.02. The zero-order valence-corrected chi connectivity index (χ0v) is 9.59. The van der Waals surface area contributed by atoms with Crippen LogP contribution < -0.4 is 0 Å². The summed E-state index contributed by atoms with van der Waals surface area (Å²) in [4.78, 5) is 11.0. The van der Waals surface area contributed by atoms with E-state index in [1.165, 1.54) is 13.2 Å². The molecule has 0 aromatic heterocycles. The zero-order chi connectivity index (χ0) is 12.0. The molecule has 0 amide bonds. The smallest absolute Gasteiger partial charge is 0.326 e. The van der Waals surface area contributed by atoms with Gasteiger partial charge < -0.3 is 9.84 Å². The number of hydrogen-bond donors (Lipinski definition) is 1. The Labute approximate surface area is 99.3 Å². The van der Waals surface area contributed by atoms with Crippen molar-refractivity contribution >= 4 is 23.6 Å². The fraction of sp³-hybridized carbons (Fsp3) is 0.250. The molecule has 2 atom stereocenters. The standard InChI is InChI=1S/C12H13ClO3/c1-16-12(15)11(13)10(14)8-7-9-5-3-2-4-6-9/h2-8,10-11,14H,1H3/b8-7+. The Balaban J connectivity index is 2.61. The molecule has 3 nitrogen and oxygen atoms in total. The fourth-order valence-electron chi connectivity index (χ4n) is 1.12. The van der Waals surface area contributed by atoms with E-state index in [1.54, 1.807) is 6.08 Å². The van der Waals surface area contributed by atoms with E-state index in [4.69, 9.17) is 11.6 Å². The van der Waals surface area contributed by atoms with Crippen molar-refractivity contribution in [3.63, 3.8) is 0 Å². The second kappa shape index (κ2) is 6.30. The number of hydrogen-bond acceptors (Lipinski definition) is 3. The molecule has 1 N–H and O–H groups in total. The summed E-state index contributed by atoms with van der Waals surface area (Å²) in [6.45, 7) is 0. The van der Waals surface area contributed by atoms with Crippen LogP contribution in [0.15, 0.2) is 36.4 Å². The molecule has 0 heterocycles. The molecule has 2 unspecified atom stereocenters. The van der Waals surface area contributed by atoms with Gasteiger partial charge in [-0.15, -0.1) is 11.6 Å². The van der Waals surface area contributed by atoms with E-state index in [9.17, 15) is 9.90 Å². The lowest BCUT2D eigenvalue weighted by molar-refractivity contribution is -0.141. The molecular weight excluding hydrogens is 228 g/mol. The highest BCUT2D eigenvalue weighted by Crippen LogP contribution is 2.09. The predicted octanol–water partition coefficient (Wildman–Crippen LogP) is 1.84. The number of aliphatic hydroxyl groups excluding tert-OH is 1. The molecule has 4 heteroatoms. The summed E-state index contributed by atoms with van der Waals surface area (Å²) < 4.78 is 4.42. The van der Waals surface area contributed by atoms with Gasteiger partial charge in [0.15, 0.2) is 5.38 Å². The molecule has 0 aliphatic carbocycles. The number of methoxy groups -OCH3 is 1. The minimum absolute atomic E-state index is 0.646. The first-order valence-electron chi connectivity index (χ1n) is 4.78. The monoisotopic (exact) mass is 240 g/mol. The van der Waals surface area contributed by atoms with Crippen LogP contribution in [0.25, 0.3) is 6.08 Å². The number of halogens is 1. The predicted molar refractivity (Wildman–Crippen MR) is 63.1 cm³/mol. The second-order valence-electron chi connectivity index (χ2n) is 3.19. The van der Waals surface area contributed by atoms with Gasteiger partial charge in [0, 0.05) is 0 Å². The Bertz CT molecular complexity index is 362. The average molecular weight is 241 g/mol. The molecule has 0 aliphatic heterocycles. The van der Waals surface area contributed by atoms with Crippen LogP contribution >= 0.6 is 11.6 Å². The van der Waals surface area contributed by atoms with Crippen molar-refractivity contribution in [1.82, 2.24) is 0 Å². The van der Waals surface area contributed by atoms with E-state index in [0.717, 1.165) is 5.56 Å². The minimum Gasteiger partial charge on any atom is -0.468 e. The van der Waals surface area contributed by atoms with Gasteiger partial charge in [-0.05, 0) is 5.56 Å². The highest BCUT2D eigenvalue weighted by Gasteiger charge is 2.22. The molecule has 0 fully saturated rings. The summed E-state index contributed by atoms with van der Waals surface area (Å²) in [7, 11) is 1.23. The van der Waals surface area contributed by atoms with Crippen LogP contribution in [-0.2, 0) is 9.53 Å². The first-order chi connectivity index (χ1) is 7.65. The number of carbonyl (C=O) groups excluding carboxylic acids is 1. The van der Waals surface area contributed by atoms with Crippen molar-refractivity contribution in [3.05, 3.63) is 42.0 Å². The van der Waals surface area contributed by atoms with E-state index >= 15 is 0 Å². The zero-order valence-electron chi connectivity index (χ0n) is 8.84. The summed E-state index contributed by atoms with van der Waals surface area (Å²) in [6.07, 6.45) is 2.10. The third-order valence-electron chi connectivity index (χ3n) is 2.01. The highest BCUT2D eigenvalue weighted by atomic mass is 35.5. The molecule has 1 aromatic rings. The summed E-state index contributed by atoms with van der Waals surface area (Å²) in [5.41, 5.74) is 0.926. The second-order valence-corrected chi connectivity index (χ2v) is 3.66. The lowest BCUT2D eigenvalue weighted by Gasteiger charge is -2.10. The van der Waals surface area contributed by atoms with Crippen molar-refractivity contribution in [2.75, 3.05) is 7.11 Å². The van der Waals surface area contributed by atoms with Crippen LogP contribution in [0.1, 0.15) is 5.56 Å². The summed E-state index contributed by atoms with van der Waals surface area (Å²) in [6, 6.07) is 9.41. The maximum Gasteiger partial charge on any atom is 0.326 e. The van der Waals surface area contributed by atoms with E-state index < -0.39 is 17.5 Å². The van der Waals surface area contributed by atoms with Crippen molar-refractivity contribution in [3.8, 4) is 0 Å². The number of esters is 1. The van der Waals surface area contributed by atoms with Crippen LogP contribution in [0.2, 0.25) is 0 Å². The van der Waals surface area contributed by atoms with Crippen molar-refractivity contribution in [2.45, 2.75) is 11.5 Å². The molecule has 1 aromatic carbocycles. The van der Waals surface area contributed by atoms with Gasteiger partial charge in [-0.2, -0.15) is 0 Å². The molecule has 0 spiro atoms. The maximum atomic E-state index is 11.0. The summed E-state index contributed by atoms with van der Waals surface area (Å²) in [5, 5.41) is 8.48. The van der Waals surface area contributed by atoms with Crippen LogP contribution in [0.4, 0.5) is 0 Å². The average Bonchev–Trinajstić information content (AvgIpc) is 2.35. The third-order valence-corrected chi connectivity index (χ3v) is 2.45. The highest BCUT2D eigenvalue weighted by molar-refractivity contribution is 6.30. The van der Waals surface area contributed by atoms with Crippen molar-refractivity contribution in [2.24, 2.45) is 0 Å². The number of ether oxygens (including phenoxy) is 1. The molecule has 86 valence electrons. The van der Waals surface area contributed by atoms with Gasteiger partial charge in [0.25, 0.3) is 0 Å². The number of benzene rings is 1. The maximum absolute atomic E-state index is 11.0. The van der Waals surface area contributed by atoms with E-state index in [-0.39, 0.29) is 0 Å². The molecular formula is C12H13ClO3. The summed E-state index contributed by atoms with van der Waals surface area (Å²) >= 11 is 5.67. The van der Waals surface area contributed by atoms with E-state index in [0.29, 0.717) is 0 Å². The van der Waals surface area contributed by atoms with Crippen LogP contribution in [-0.4, -0.2) is 29.7 Å².